The second kappa shape index (κ2) is 7.20. The van der Waals surface area contributed by atoms with E-state index in [1.165, 1.54) is 0 Å². The van der Waals surface area contributed by atoms with E-state index in [2.05, 4.69) is 32.5 Å². The predicted octanol–water partition coefficient (Wildman–Crippen LogP) is 3.05. The van der Waals surface area contributed by atoms with Gasteiger partial charge >= 0.3 is 0 Å². The third-order valence-corrected chi connectivity index (χ3v) is 4.58. The van der Waals surface area contributed by atoms with Crippen molar-refractivity contribution in [1.29, 1.82) is 10.5 Å². The minimum atomic E-state index is -0.799. The van der Waals surface area contributed by atoms with Gasteiger partial charge in [0.25, 0.3) is 5.88 Å². The average molecular weight is 369 g/mol. The first-order valence-electron chi connectivity index (χ1n) is 8.62. The van der Waals surface area contributed by atoms with Crippen molar-refractivity contribution in [3.05, 3.63) is 23.9 Å². The molecule has 140 valence electrons. The van der Waals surface area contributed by atoms with E-state index in [-0.39, 0.29) is 23.7 Å². The summed E-state index contributed by atoms with van der Waals surface area (Å²) in [6.45, 7) is 5.61. The maximum atomic E-state index is 13.9. The molecule has 2 aromatic heterocycles. The Morgan fingerprint density at radius 2 is 2.15 bits per heavy atom. The minimum Gasteiger partial charge on any atom is -0.475 e. The number of nitrogens with one attached hydrogen (secondary N) is 1. The molecule has 8 nitrogen and oxygen atoms in total. The number of hydrogen-bond donors (Lipinski definition) is 1. The summed E-state index contributed by atoms with van der Waals surface area (Å²) in [6, 6.07) is 4.38. The van der Waals surface area contributed by atoms with Gasteiger partial charge in [0.2, 0.25) is 11.8 Å². The van der Waals surface area contributed by atoms with E-state index in [0.717, 1.165) is 19.0 Å². The smallest absolute Gasteiger partial charge is 0.255 e. The monoisotopic (exact) mass is 369 g/mol. The predicted molar refractivity (Wildman–Crippen MR) is 94.5 cm³/mol. The van der Waals surface area contributed by atoms with Gasteiger partial charge in [-0.3, -0.25) is 4.68 Å². The summed E-state index contributed by atoms with van der Waals surface area (Å²) in [7, 11) is 0. The number of nitriles is 2. The molecular weight excluding hydrogens is 349 g/mol. The Morgan fingerprint density at radius 3 is 2.81 bits per heavy atom. The molecule has 0 atom stereocenters. The van der Waals surface area contributed by atoms with Gasteiger partial charge in [-0.05, 0) is 39.5 Å². The lowest BCUT2D eigenvalue weighted by molar-refractivity contribution is 0.140. The largest absolute Gasteiger partial charge is 0.475 e. The summed E-state index contributed by atoms with van der Waals surface area (Å²) in [6.07, 6.45) is 4.26. The number of anilines is 2. The number of nitrogens with zero attached hydrogens (tertiary/aromatic N) is 6. The van der Waals surface area contributed by atoms with Gasteiger partial charge in [0, 0.05) is 5.92 Å². The Kier molecular flexibility index (Phi) is 4.95. The molecule has 0 aliphatic heterocycles. The Bertz CT molecular complexity index is 919. The van der Waals surface area contributed by atoms with Crippen LogP contribution in [-0.4, -0.2) is 26.4 Å². The van der Waals surface area contributed by atoms with Crippen molar-refractivity contribution in [2.75, 3.05) is 11.9 Å². The number of rotatable bonds is 6. The van der Waals surface area contributed by atoms with Gasteiger partial charge in [-0.15, -0.1) is 0 Å². The quantitative estimate of drug-likeness (QED) is 0.832. The van der Waals surface area contributed by atoms with Crippen LogP contribution in [0, 0.1) is 47.2 Å². The molecule has 0 radical (unpaired) electrons. The van der Waals surface area contributed by atoms with Crippen molar-refractivity contribution in [2.24, 2.45) is 11.8 Å². The molecule has 0 spiro atoms. The molecule has 0 bridgehead atoms. The van der Waals surface area contributed by atoms with Gasteiger partial charge < -0.3 is 10.1 Å². The van der Waals surface area contributed by atoms with E-state index in [1.807, 2.05) is 0 Å². The zero-order chi connectivity index (χ0) is 19.6. The molecule has 0 unspecified atom stereocenters. The van der Waals surface area contributed by atoms with Crippen molar-refractivity contribution in [2.45, 2.75) is 39.2 Å². The molecule has 27 heavy (non-hydrogen) atoms. The number of hydrogen-bond acceptors (Lipinski definition) is 7. The van der Waals surface area contributed by atoms with Gasteiger partial charge in [-0.2, -0.15) is 25.0 Å². The first-order chi connectivity index (χ1) is 12.8. The van der Waals surface area contributed by atoms with E-state index in [0.29, 0.717) is 18.0 Å². The van der Waals surface area contributed by atoms with E-state index in [1.54, 1.807) is 31.6 Å². The molecule has 3 rings (SSSR count). The van der Waals surface area contributed by atoms with Crippen molar-refractivity contribution >= 4 is 11.6 Å². The van der Waals surface area contributed by atoms with Gasteiger partial charge in [-0.1, -0.05) is 0 Å². The van der Waals surface area contributed by atoms with E-state index >= 15 is 0 Å². The molecular formula is C18H20FN7O. The summed E-state index contributed by atoms with van der Waals surface area (Å²) >= 11 is 0. The van der Waals surface area contributed by atoms with E-state index in [9.17, 15) is 9.65 Å². The lowest BCUT2D eigenvalue weighted by Crippen LogP contribution is -2.28. The van der Waals surface area contributed by atoms with E-state index in [4.69, 9.17) is 10.00 Å². The van der Waals surface area contributed by atoms with Crippen LogP contribution in [-0.2, 0) is 5.54 Å². The molecule has 0 saturated heterocycles. The Balaban J connectivity index is 1.70. The fourth-order valence-corrected chi connectivity index (χ4v) is 2.73. The molecule has 2 heterocycles. The number of halogens is 1. The van der Waals surface area contributed by atoms with Crippen LogP contribution in [0.5, 0.6) is 5.88 Å². The van der Waals surface area contributed by atoms with Crippen molar-refractivity contribution in [1.82, 2.24) is 19.7 Å². The van der Waals surface area contributed by atoms with Crippen LogP contribution in [0.4, 0.5) is 16.0 Å². The Hall–Kier alpha value is -3.20. The van der Waals surface area contributed by atoms with Crippen LogP contribution in [0.2, 0.25) is 0 Å². The third-order valence-electron chi connectivity index (χ3n) is 4.58. The lowest BCUT2D eigenvalue weighted by Gasteiger charge is -2.29. The van der Waals surface area contributed by atoms with Crippen LogP contribution >= 0.6 is 0 Å². The third kappa shape index (κ3) is 3.98. The molecule has 1 N–H and O–H groups in total. The molecule has 1 aliphatic carbocycles. The van der Waals surface area contributed by atoms with Gasteiger partial charge in [0.05, 0.1) is 42.5 Å². The second-order valence-electron chi connectivity index (χ2n) is 7.19. The summed E-state index contributed by atoms with van der Waals surface area (Å²) in [5.74, 6) is -0.283. The fourth-order valence-electron chi connectivity index (χ4n) is 2.73. The highest BCUT2D eigenvalue weighted by molar-refractivity contribution is 5.55. The molecule has 9 heteroatoms. The maximum Gasteiger partial charge on any atom is 0.255 e. The number of aryl methyl sites for hydroxylation is 1. The van der Waals surface area contributed by atoms with Crippen molar-refractivity contribution < 1.29 is 9.13 Å². The van der Waals surface area contributed by atoms with Gasteiger partial charge in [0.1, 0.15) is 5.54 Å². The number of ether oxygens (including phenoxy) is 1. The number of aromatic nitrogens is 4. The molecule has 0 aromatic carbocycles. The van der Waals surface area contributed by atoms with Crippen LogP contribution < -0.4 is 10.1 Å². The highest BCUT2D eigenvalue weighted by atomic mass is 19.1. The van der Waals surface area contributed by atoms with Crippen LogP contribution in [0.25, 0.3) is 0 Å². The molecule has 1 fully saturated rings. The SMILES string of the molecule is Cc1nn(C(C)(C)C#N)cc1Nc1ncc(F)c(OCC2CC(C#N)C2)n1. The first kappa shape index (κ1) is 18.6. The average Bonchev–Trinajstić information content (AvgIpc) is 2.98. The topological polar surface area (TPSA) is 112 Å². The highest BCUT2D eigenvalue weighted by Gasteiger charge is 2.30. The Labute approximate surface area is 156 Å². The summed E-state index contributed by atoms with van der Waals surface area (Å²) in [5, 5.41) is 25.3. The zero-order valence-electron chi connectivity index (χ0n) is 15.4. The first-order valence-corrected chi connectivity index (χ1v) is 8.62. The molecule has 1 aliphatic rings. The van der Waals surface area contributed by atoms with Gasteiger partial charge in [-0.25, -0.2) is 4.98 Å². The second-order valence-corrected chi connectivity index (χ2v) is 7.19. The molecule has 1 saturated carbocycles. The standard InChI is InChI=1S/C18H20FN7O/c1-11-15(8-26(25-11)18(2,3)10-21)23-17-22-7-14(19)16(24-17)27-9-13-4-12(5-13)6-20/h7-8,12-13H,4-5,9H2,1-3H3,(H,22,23,24). The minimum absolute atomic E-state index is 0.0725. The maximum absolute atomic E-state index is 13.9. The van der Waals surface area contributed by atoms with Crippen LogP contribution in [0.3, 0.4) is 0 Å². The van der Waals surface area contributed by atoms with Crippen LogP contribution in [0.15, 0.2) is 12.4 Å². The van der Waals surface area contributed by atoms with Crippen molar-refractivity contribution in [3.8, 4) is 18.0 Å². The summed E-state index contributed by atoms with van der Waals surface area (Å²) in [4.78, 5) is 8.01. The lowest BCUT2D eigenvalue weighted by atomic mass is 9.76. The van der Waals surface area contributed by atoms with E-state index < -0.39 is 11.4 Å². The summed E-state index contributed by atoms with van der Waals surface area (Å²) < 4.78 is 21.0. The Morgan fingerprint density at radius 1 is 1.41 bits per heavy atom. The highest BCUT2D eigenvalue weighted by Crippen LogP contribution is 2.33. The molecule has 2 aromatic rings. The van der Waals surface area contributed by atoms with Gasteiger partial charge in [0.15, 0.2) is 0 Å². The fraction of sp³-hybridized carbons (Fsp3) is 0.500. The van der Waals surface area contributed by atoms with Crippen LogP contribution in [0.1, 0.15) is 32.4 Å². The van der Waals surface area contributed by atoms with Crippen molar-refractivity contribution in [3.63, 3.8) is 0 Å². The zero-order valence-corrected chi connectivity index (χ0v) is 15.4. The molecule has 0 amide bonds. The normalized spacial score (nSPS) is 18.9. The summed E-state index contributed by atoms with van der Waals surface area (Å²) in [5.41, 5.74) is 0.476.